The predicted octanol–water partition coefficient (Wildman–Crippen LogP) is 3.94. The fraction of sp³-hybridized carbons (Fsp3) is 0.400. The topological polar surface area (TPSA) is 99.0 Å². The van der Waals surface area contributed by atoms with Crippen LogP contribution in [0.4, 0.5) is 0 Å². The second-order valence-corrected chi connectivity index (χ2v) is 8.72. The average Bonchev–Trinajstić information content (AvgIpc) is 3.35. The third-order valence-corrected chi connectivity index (χ3v) is 6.38. The number of nitrogens with zero attached hydrogens (tertiary/aromatic N) is 3. The summed E-state index contributed by atoms with van der Waals surface area (Å²) < 4.78 is 21.7. The molecule has 1 aromatic heterocycles. The number of nitrogens with one attached hydrogen (secondary N) is 1. The third kappa shape index (κ3) is 5.86. The van der Waals surface area contributed by atoms with Gasteiger partial charge in [-0.1, -0.05) is 16.8 Å². The Hall–Kier alpha value is -3.30. The Balaban J connectivity index is 1.28. The van der Waals surface area contributed by atoms with Gasteiger partial charge < -0.3 is 24.1 Å². The van der Waals surface area contributed by atoms with E-state index in [0.717, 1.165) is 37.1 Å². The summed E-state index contributed by atoms with van der Waals surface area (Å²) in [7, 11) is 4.70. The van der Waals surface area contributed by atoms with Gasteiger partial charge in [0.15, 0.2) is 11.5 Å². The van der Waals surface area contributed by atoms with Crippen molar-refractivity contribution in [3.05, 3.63) is 52.9 Å². The van der Waals surface area contributed by atoms with Crippen molar-refractivity contribution in [2.75, 3.05) is 34.4 Å². The lowest BCUT2D eigenvalue weighted by molar-refractivity contribution is -0.126. The van der Waals surface area contributed by atoms with E-state index in [1.165, 1.54) is 0 Å². The molecule has 1 saturated heterocycles. The van der Waals surface area contributed by atoms with E-state index in [1.54, 1.807) is 39.5 Å². The first kappa shape index (κ1) is 24.8. The molecule has 10 heteroatoms. The largest absolute Gasteiger partial charge is 0.493 e. The van der Waals surface area contributed by atoms with Crippen LogP contribution in [-0.2, 0) is 17.9 Å². The van der Waals surface area contributed by atoms with Crippen molar-refractivity contribution in [1.82, 2.24) is 20.4 Å². The number of hydrogen-bond acceptors (Lipinski definition) is 8. The standard InChI is InChI=1S/C25H29ClN4O5/c1-32-20-9-6-18(22(33-2)23(20)34-3)14-27-25(31)17-10-12-30(13-11-17)15-21-28-24(29-35-21)16-4-7-19(26)8-5-16/h4-9,17H,10-15H2,1-3H3,(H,27,31). The molecule has 4 rings (SSSR count). The van der Waals surface area contributed by atoms with Gasteiger partial charge in [-0.2, -0.15) is 4.98 Å². The zero-order chi connectivity index (χ0) is 24.8. The molecule has 0 radical (unpaired) electrons. The van der Waals surface area contributed by atoms with E-state index >= 15 is 0 Å². The number of carbonyl (C=O) groups excluding carboxylic acids is 1. The highest BCUT2D eigenvalue weighted by Gasteiger charge is 2.26. The fourth-order valence-corrected chi connectivity index (χ4v) is 4.33. The molecular weight excluding hydrogens is 472 g/mol. The molecule has 0 saturated carbocycles. The summed E-state index contributed by atoms with van der Waals surface area (Å²) in [5.74, 6) is 2.71. The second kappa shape index (κ2) is 11.4. The number of carbonyl (C=O) groups is 1. The zero-order valence-electron chi connectivity index (χ0n) is 20.0. The van der Waals surface area contributed by atoms with Crippen LogP contribution in [0.2, 0.25) is 5.02 Å². The van der Waals surface area contributed by atoms with Crippen LogP contribution >= 0.6 is 11.6 Å². The van der Waals surface area contributed by atoms with Gasteiger partial charge in [0.2, 0.25) is 23.4 Å². The van der Waals surface area contributed by atoms with Crippen LogP contribution in [0.25, 0.3) is 11.4 Å². The van der Waals surface area contributed by atoms with Gasteiger partial charge in [-0.05, 0) is 62.3 Å². The lowest BCUT2D eigenvalue weighted by atomic mass is 9.96. The average molecular weight is 501 g/mol. The molecule has 9 nitrogen and oxygen atoms in total. The summed E-state index contributed by atoms with van der Waals surface area (Å²) in [5.41, 5.74) is 1.68. The molecule has 0 aliphatic carbocycles. The van der Waals surface area contributed by atoms with Gasteiger partial charge in [0, 0.05) is 28.6 Å². The van der Waals surface area contributed by atoms with Gasteiger partial charge in [0.1, 0.15) is 0 Å². The van der Waals surface area contributed by atoms with E-state index in [0.29, 0.717) is 47.1 Å². The minimum Gasteiger partial charge on any atom is -0.493 e. The summed E-state index contributed by atoms with van der Waals surface area (Å²) in [6, 6.07) is 11.0. The normalized spacial score (nSPS) is 14.5. The SMILES string of the molecule is COc1ccc(CNC(=O)C2CCN(Cc3nc(-c4ccc(Cl)cc4)no3)CC2)c(OC)c1OC. The first-order chi connectivity index (χ1) is 17.0. The van der Waals surface area contributed by atoms with Crippen molar-refractivity contribution in [3.63, 3.8) is 0 Å². The highest BCUT2D eigenvalue weighted by molar-refractivity contribution is 6.30. The minimum atomic E-state index is -0.0512. The van der Waals surface area contributed by atoms with E-state index in [4.69, 9.17) is 30.3 Å². The highest BCUT2D eigenvalue weighted by atomic mass is 35.5. The molecule has 0 unspecified atom stereocenters. The number of halogens is 1. The van der Waals surface area contributed by atoms with Crippen molar-refractivity contribution in [1.29, 1.82) is 0 Å². The Labute approximate surface area is 209 Å². The van der Waals surface area contributed by atoms with Gasteiger partial charge >= 0.3 is 0 Å². The summed E-state index contributed by atoms with van der Waals surface area (Å²) >= 11 is 5.94. The number of piperidine rings is 1. The van der Waals surface area contributed by atoms with Crippen LogP contribution in [-0.4, -0.2) is 55.4 Å². The zero-order valence-corrected chi connectivity index (χ0v) is 20.8. The van der Waals surface area contributed by atoms with Gasteiger partial charge in [0.25, 0.3) is 0 Å². The van der Waals surface area contributed by atoms with Gasteiger partial charge in [-0.15, -0.1) is 0 Å². The molecular formula is C25H29ClN4O5. The molecule has 0 atom stereocenters. The maximum Gasteiger partial charge on any atom is 0.241 e. The van der Waals surface area contributed by atoms with Crippen LogP contribution in [0.3, 0.4) is 0 Å². The van der Waals surface area contributed by atoms with Crippen molar-refractivity contribution in [2.24, 2.45) is 5.92 Å². The second-order valence-electron chi connectivity index (χ2n) is 8.28. The lowest BCUT2D eigenvalue weighted by Crippen LogP contribution is -2.40. The molecule has 3 aromatic rings. The van der Waals surface area contributed by atoms with E-state index in [9.17, 15) is 4.79 Å². The van der Waals surface area contributed by atoms with E-state index in [1.807, 2.05) is 18.2 Å². The highest BCUT2D eigenvalue weighted by Crippen LogP contribution is 2.39. The number of aromatic nitrogens is 2. The molecule has 2 heterocycles. The van der Waals surface area contributed by atoms with E-state index in [-0.39, 0.29) is 11.8 Å². The molecule has 186 valence electrons. The van der Waals surface area contributed by atoms with Crippen LogP contribution in [0, 0.1) is 5.92 Å². The Morgan fingerprint density at radius 2 is 1.77 bits per heavy atom. The fourth-order valence-electron chi connectivity index (χ4n) is 4.21. The van der Waals surface area contributed by atoms with E-state index < -0.39 is 0 Å². The monoisotopic (exact) mass is 500 g/mol. The first-order valence-electron chi connectivity index (χ1n) is 11.4. The third-order valence-electron chi connectivity index (χ3n) is 6.13. The molecule has 0 spiro atoms. The number of amides is 1. The lowest BCUT2D eigenvalue weighted by Gasteiger charge is -2.30. The van der Waals surface area contributed by atoms with Crippen molar-refractivity contribution >= 4 is 17.5 Å². The molecule has 1 N–H and O–H groups in total. The molecule has 2 aromatic carbocycles. The number of methoxy groups -OCH3 is 3. The van der Waals surface area contributed by atoms with E-state index in [2.05, 4.69) is 20.4 Å². The van der Waals surface area contributed by atoms with Crippen LogP contribution in [0.15, 0.2) is 40.9 Å². The predicted molar refractivity (Wildman–Crippen MR) is 131 cm³/mol. The molecule has 1 fully saturated rings. The quantitative estimate of drug-likeness (QED) is 0.471. The summed E-state index contributed by atoms with van der Waals surface area (Å²) in [6.45, 7) is 2.45. The van der Waals surface area contributed by atoms with Crippen molar-refractivity contribution in [3.8, 4) is 28.6 Å². The first-order valence-corrected chi connectivity index (χ1v) is 11.8. The smallest absolute Gasteiger partial charge is 0.241 e. The number of benzene rings is 2. The molecule has 1 amide bonds. The number of ether oxygens (including phenoxy) is 3. The summed E-state index contributed by atoms with van der Waals surface area (Å²) in [4.78, 5) is 19.5. The molecule has 0 bridgehead atoms. The minimum absolute atomic E-state index is 0.0318. The van der Waals surface area contributed by atoms with Gasteiger partial charge in [-0.25, -0.2) is 0 Å². The van der Waals surface area contributed by atoms with Crippen LogP contribution < -0.4 is 19.5 Å². The Morgan fingerprint density at radius 1 is 1.06 bits per heavy atom. The number of hydrogen-bond donors (Lipinski definition) is 1. The molecule has 35 heavy (non-hydrogen) atoms. The maximum absolute atomic E-state index is 12.8. The Bertz CT molecular complexity index is 1140. The number of likely N-dealkylation sites (tertiary alicyclic amines) is 1. The molecule has 1 aliphatic heterocycles. The van der Waals surface area contributed by atoms with Crippen molar-refractivity contribution in [2.45, 2.75) is 25.9 Å². The van der Waals surface area contributed by atoms with Gasteiger partial charge in [-0.3, -0.25) is 9.69 Å². The van der Waals surface area contributed by atoms with Crippen LogP contribution in [0.5, 0.6) is 17.2 Å². The van der Waals surface area contributed by atoms with Crippen molar-refractivity contribution < 1.29 is 23.5 Å². The summed E-state index contributed by atoms with van der Waals surface area (Å²) in [6.07, 6.45) is 1.51. The number of rotatable bonds is 9. The molecule has 1 aliphatic rings. The maximum atomic E-state index is 12.8. The Morgan fingerprint density at radius 3 is 2.43 bits per heavy atom. The Kier molecular flexibility index (Phi) is 8.09. The summed E-state index contributed by atoms with van der Waals surface area (Å²) in [5, 5.41) is 7.77. The van der Waals surface area contributed by atoms with Crippen LogP contribution in [0.1, 0.15) is 24.3 Å². The van der Waals surface area contributed by atoms with Gasteiger partial charge in [0.05, 0.1) is 27.9 Å².